The minimum absolute atomic E-state index is 0.0161. The molecule has 2 unspecified atom stereocenters. The van der Waals surface area contributed by atoms with Crippen molar-refractivity contribution in [3.63, 3.8) is 0 Å². The van der Waals surface area contributed by atoms with Crippen LogP contribution in [0.25, 0.3) is 0 Å². The second kappa shape index (κ2) is 8.82. The van der Waals surface area contributed by atoms with E-state index in [9.17, 15) is 4.79 Å². The number of hydrogen-bond acceptors (Lipinski definition) is 2. The van der Waals surface area contributed by atoms with Gasteiger partial charge in [0.05, 0.1) is 5.92 Å². The number of rotatable bonds is 3. The van der Waals surface area contributed by atoms with Gasteiger partial charge in [-0.3, -0.25) is 4.79 Å². The maximum Gasteiger partial charge on any atom is 0.231 e. The molecule has 25 heavy (non-hydrogen) atoms. The van der Waals surface area contributed by atoms with Crippen LogP contribution in [0.5, 0.6) is 0 Å². The summed E-state index contributed by atoms with van der Waals surface area (Å²) in [6, 6.07) is 20.6. The average molecular weight is 336 g/mol. The zero-order valence-corrected chi connectivity index (χ0v) is 14.9. The molecule has 2 N–H and O–H groups in total. The maximum atomic E-state index is 12.0. The van der Waals surface area contributed by atoms with Gasteiger partial charge >= 0.3 is 0 Å². The maximum absolute atomic E-state index is 12.0. The molecule has 1 aliphatic heterocycles. The number of nitrogens with one attached hydrogen (secondary N) is 2. The Hall–Kier alpha value is -2.13. The first kappa shape index (κ1) is 17.7. The number of fused-ring (bicyclic) bond motifs is 1. The molecule has 1 aliphatic carbocycles. The predicted molar refractivity (Wildman–Crippen MR) is 103 cm³/mol. The molecule has 2 atom stereocenters. The third-order valence-corrected chi connectivity index (χ3v) is 5.36. The molecular weight excluding hydrogens is 308 g/mol. The molecule has 0 spiro atoms. The summed E-state index contributed by atoms with van der Waals surface area (Å²) in [5.41, 5.74) is 2.02. The summed E-state index contributed by atoms with van der Waals surface area (Å²) in [5, 5.41) is 6.24. The molecule has 0 aromatic heterocycles. The zero-order valence-electron chi connectivity index (χ0n) is 14.9. The van der Waals surface area contributed by atoms with E-state index in [4.69, 9.17) is 0 Å². The van der Waals surface area contributed by atoms with Gasteiger partial charge in [0.2, 0.25) is 5.91 Å². The van der Waals surface area contributed by atoms with Crippen molar-refractivity contribution in [3.8, 4) is 0 Å². The van der Waals surface area contributed by atoms with Crippen molar-refractivity contribution < 1.29 is 4.79 Å². The molecule has 0 bridgehead atoms. The van der Waals surface area contributed by atoms with Gasteiger partial charge in [0, 0.05) is 13.1 Å². The van der Waals surface area contributed by atoms with Crippen LogP contribution in [-0.4, -0.2) is 25.5 Å². The SMILES string of the molecule is C1CC2CCNC2C1.CNC(=O)C(c1ccccc1)c1ccccc1. The lowest BCUT2D eigenvalue weighted by molar-refractivity contribution is -0.121. The van der Waals surface area contributed by atoms with E-state index in [1.165, 1.54) is 32.2 Å². The highest BCUT2D eigenvalue weighted by Crippen LogP contribution is 2.31. The van der Waals surface area contributed by atoms with Gasteiger partial charge in [0.25, 0.3) is 0 Å². The predicted octanol–water partition coefficient (Wildman–Crippen LogP) is 3.71. The van der Waals surface area contributed by atoms with E-state index in [2.05, 4.69) is 10.6 Å². The van der Waals surface area contributed by atoms with E-state index in [0.717, 1.165) is 23.1 Å². The smallest absolute Gasteiger partial charge is 0.231 e. The van der Waals surface area contributed by atoms with Gasteiger partial charge in [0.1, 0.15) is 0 Å². The lowest BCUT2D eigenvalue weighted by Crippen LogP contribution is -2.26. The van der Waals surface area contributed by atoms with Crippen molar-refractivity contribution in [2.24, 2.45) is 5.92 Å². The van der Waals surface area contributed by atoms with Gasteiger partial charge in [-0.15, -0.1) is 0 Å². The molecule has 0 radical (unpaired) electrons. The third-order valence-electron chi connectivity index (χ3n) is 5.36. The van der Waals surface area contributed by atoms with E-state index in [0.29, 0.717) is 0 Å². The summed E-state index contributed by atoms with van der Waals surface area (Å²) in [4.78, 5) is 12.0. The van der Waals surface area contributed by atoms with E-state index < -0.39 is 0 Å². The molecule has 2 aromatic carbocycles. The highest BCUT2D eigenvalue weighted by atomic mass is 16.1. The Morgan fingerprint density at radius 3 is 2.08 bits per heavy atom. The number of carbonyl (C=O) groups excluding carboxylic acids is 1. The molecule has 3 nitrogen and oxygen atoms in total. The summed E-state index contributed by atoms with van der Waals surface area (Å²) in [7, 11) is 1.67. The van der Waals surface area contributed by atoms with Crippen LogP contribution in [0.3, 0.4) is 0 Å². The Bertz CT molecular complexity index is 597. The standard InChI is InChI=1S/C15H15NO.C7H13N/c1-16-15(17)14(12-8-4-2-5-9-12)13-10-6-3-7-11-13;1-2-6-4-5-8-7(6)3-1/h2-11,14H,1H3,(H,16,17);6-8H,1-5H2. The van der Waals surface area contributed by atoms with E-state index in [1.807, 2.05) is 60.7 Å². The topological polar surface area (TPSA) is 41.1 Å². The quantitative estimate of drug-likeness (QED) is 0.897. The fraction of sp³-hybridized carbons (Fsp3) is 0.409. The van der Waals surface area contributed by atoms with Crippen molar-refractivity contribution in [2.75, 3.05) is 13.6 Å². The molecule has 2 fully saturated rings. The number of likely N-dealkylation sites (N-methyl/N-ethyl adjacent to an activating group) is 1. The lowest BCUT2D eigenvalue weighted by atomic mass is 9.90. The summed E-state index contributed by atoms with van der Waals surface area (Å²) in [6.07, 6.45) is 5.87. The van der Waals surface area contributed by atoms with Crippen molar-refractivity contribution in [2.45, 2.75) is 37.6 Å². The molecule has 1 saturated heterocycles. The summed E-state index contributed by atoms with van der Waals surface area (Å²) in [5.74, 6) is 0.847. The first-order valence-corrected chi connectivity index (χ1v) is 9.34. The lowest BCUT2D eigenvalue weighted by Gasteiger charge is -2.16. The highest BCUT2D eigenvalue weighted by molar-refractivity contribution is 5.86. The van der Waals surface area contributed by atoms with Crippen LogP contribution >= 0.6 is 0 Å². The Morgan fingerprint density at radius 2 is 1.56 bits per heavy atom. The van der Waals surface area contributed by atoms with Gasteiger partial charge < -0.3 is 10.6 Å². The van der Waals surface area contributed by atoms with E-state index in [1.54, 1.807) is 7.05 Å². The average Bonchev–Trinajstić information content (AvgIpc) is 3.29. The van der Waals surface area contributed by atoms with Crippen LogP contribution < -0.4 is 10.6 Å². The molecule has 2 aliphatic rings. The Labute approximate surface area is 150 Å². The monoisotopic (exact) mass is 336 g/mol. The van der Waals surface area contributed by atoms with Crippen LogP contribution in [-0.2, 0) is 4.79 Å². The summed E-state index contributed by atoms with van der Waals surface area (Å²) >= 11 is 0. The van der Waals surface area contributed by atoms with Gasteiger partial charge in [0.15, 0.2) is 0 Å². The minimum atomic E-state index is -0.234. The third kappa shape index (κ3) is 4.49. The molecule has 2 aromatic rings. The molecule has 1 heterocycles. The number of amides is 1. The highest BCUT2D eigenvalue weighted by Gasteiger charge is 2.30. The molecule has 1 saturated carbocycles. The van der Waals surface area contributed by atoms with Crippen molar-refractivity contribution in [3.05, 3.63) is 71.8 Å². The number of benzene rings is 2. The fourth-order valence-corrected chi connectivity index (χ4v) is 4.04. The van der Waals surface area contributed by atoms with Gasteiger partial charge in [-0.05, 0) is 42.9 Å². The summed E-state index contributed by atoms with van der Waals surface area (Å²) < 4.78 is 0. The first-order valence-electron chi connectivity index (χ1n) is 9.34. The second-order valence-corrected chi connectivity index (χ2v) is 6.91. The van der Waals surface area contributed by atoms with Crippen LogP contribution in [0.4, 0.5) is 0 Å². The van der Waals surface area contributed by atoms with Crippen LogP contribution in [0.15, 0.2) is 60.7 Å². The van der Waals surface area contributed by atoms with Crippen molar-refractivity contribution in [1.29, 1.82) is 0 Å². The largest absolute Gasteiger partial charge is 0.358 e. The van der Waals surface area contributed by atoms with Crippen molar-refractivity contribution >= 4 is 5.91 Å². The molecule has 132 valence electrons. The summed E-state index contributed by atoms with van der Waals surface area (Å²) in [6.45, 7) is 1.29. The van der Waals surface area contributed by atoms with Gasteiger partial charge in [-0.2, -0.15) is 0 Å². The van der Waals surface area contributed by atoms with Gasteiger partial charge in [-0.1, -0.05) is 67.1 Å². The Morgan fingerprint density at radius 1 is 0.960 bits per heavy atom. The zero-order chi connectivity index (χ0) is 17.5. The minimum Gasteiger partial charge on any atom is -0.358 e. The number of hydrogen-bond donors (Lipinski definition) is 2. The Balaban J connectivity index is 0.000000188. The first-order chi connectivity index (χ1) is 12.3. The second-order valence-electron chi connectivity index (χ2n) is 6.91. The normalized spacial score (nSPS) is 21.4. The van der Waals surface area contributed by atoms with E-state index in [-0.39, 0.29) is 11.8 Å². The van der Waals surface area contributed by atoms with Gasteiger partial charge in [-0.25, -0.2) is 0 Å². The van der Waals surface area contributed by atoms with Crippen LogP contribution in [0, 0.1) is 5.92 Å². The number of carbonyl (C=O) groups is 1. The van der Waals surface area contributed by atoms with Crippen molar-refractivity contribution in [1.82, 2.24) is 10.6 Å². The fourth-order valence-electron chi connectivity index (χ4n) is 4.04. The molecule has 1 amide bonds. The molecule has 3 heteroatoms. The molecule has 4 rings (SSSR count). The molecular formula is C22H28N2O. The van der Waals surface area contributed by atoms with Crippen LogP contribution in [0.2, 0.25) is 0 Å². The van der Waals surface area contributed by atoms with E-state index >= 15 is 0 Å². The Kier molecular flexibility index (Phi) is 6.24. The van der Waals surface area contributed by atoms with Crippen LogP contribution in [0.1, 0.15) is 42.7 Å².